The maximum Gasteiger partial charge on any atom is 0.215 e. The van der Waals surface area contributed by atoms with Gasteiger partial charge in [-0.05, 0) is 36.4 Å². The molecule has 2 heterocycles. The molecule has 0 spiro atoms. The van der Waals surface area contributed by atoms with E-state index in [-0.39, 0.29) is 12.7 Å². The molecule has 11 heteroatoms. The Morgan fingerprint density at radius 3 is 2.82 bits per heavy atom. The lowest BCUT2D eigenvalue weighted by Gasteiger charge is -2.30. The van der Waals surface area contributed by atoms with Gasteiger partial charge in [0, 0.05) is 35.7 Å². The average Bonchev–Trinajstić information content (AvgIpc) is 3.49. The summed E-state index contributed by atoms with van der Waals surface area (Å²) < 4.78 is 20.4. The minimum atomic E-state index is -1.10. The maximum absolute atomic E-state index is 8.73. The Kier molecular flexibility index (Phi) is 7.55. The number of rotatable bonds is 7. The van der Waals surface area contributed by atoms with Crippen LogP contribution in [0.15, 0.2) is 66.2 Å². The van der Waals surface area contributed by atoms with Gasteiger partial charge in [-0.25, -0.2) is 4.98 Å². The van der Waals surface area contributed by atoms with Crippen LogP contribution >= 0.6 is 23.2 Å². The fraction of sp³-hybridized carbons (Fsp3) is 0.261. The Hall–Kier alpha value is -3.29. The predicted molar refractivity (Wildman–Crippen MR) is 129 cm³/mol. The first-order valence-electron chi connectivity index (χ1n) is 10.4. The lowest BCUT2D eigenvalue weighted by atomic mass is 10.1. The number of nitrogens with one attached hydrogen (secondary N) is 2. The van der Waals surface area contributed by atoms with Gasteiger partial charge in [-0.15, -0.1) is 0 Å². The Labute approximate surface area is 206 Å². The quantitative estimate of drug-likeness (QED) is 0.218. The highest BCUT2D eigenvalue weighted by Crippen LogP contribution is 2.40. The summed E-state index contributed by atoms with van der Waals surface area (Å²) in [5.74, 6) is -0.0925. The molecule has 2 aromatic carbocycles. The smallest absolute Gasteiger partial charge is 0.215 e. The number of aliphatic imine (C=N–C) groups is 1. The molecule has 3 aromatic rings. The predicted octanol–water partition coefficient (Wildman–Crippen LogP) is 4.01. The summed E-state index contributed by atoms with van der Waals surface area (Å²) in [4.78, 5) is 8.05. The van der Waals surface area contributed by atoms with Crippen LogP contribution in [0.2, 0.25) is 10.0 Å². The fourth-order valence-electron chi connectivity index (χ4n) is 3.53. The standard InChI is InChI=1S/C23H22Cl2N6O3/c1-27-22(29-14-26)30-17-3-5-18(6-4-17)32-11-19-12-33-23(34-19,13-31-9-8-28-15-31)20-7-2-16(24)10-21(20)25/h2-10,15,19H,11-13H2,1H3,(H2,27,29,30)/t19-,23-/m1/s1. The van der Waals surface area contributed by atoms with Gasteiger partial charge in [-0.2, -0.15) is 5.26 Å². The Bertz CT molecular complexity index is 1180. The van der Waals surface area contributed by atoms with Crippen molar-refractivity contribution >= 4 is 34.8 Å². The largest absolute Gasteiger partial charge is 0.491 e. The average molecular weight is 501 g/mol. The minimum Gasteiger partial charge on any atom is -0.491 e. The Balaban J connectivity index is 1.42. The van der Waals surface area contributed by atoms with Gasteiger partial charge in [0.25, 0.3) is 0 Å². The molecule has 1 aromatic heterocycles. The van der Waals surface area contributed by atoms with Crippen molar-refractivity contribution in [1.82, 2.24) is 14.9 Å². The lowest BCUT2D eigenvalue weighted by molar-refractivity contribution is -0.189. The van der Waals surface area contributed by atoms with Crippen molar-refractivity contribution in [1.29, 1.82) is 5.26 Å². The summed E-state index contributed by atoms with van der Waals surface area (Å²) in [6.07, 6.45) is 6.72. The number of hydrogen-bond acceptors (Lipinski definition) is 6. The molecule has 1 aliphatic rings. The molecule has 0 bridgehead atoms. The molecule has 0 aliphatic carbocycles. The number of anilines is 1. The van der Waals surface area contributed by atoms with Crippen molar-refractivity contribution in [3.8, 4) is 11.9 Å². The van der Waals surface area contributed by atoms with Gasteiger partial charge in [-0.1, -0.05) is 29.3 Å². The number of nitrogens with zero attached hydrogens (tertiary/aromatic N) is 4. The van der Waals surface area contributed by atoms with Gasteiger partial charge >= 0.3 is 0 Å². The lowest BCUT2D eigenvalue weighted by Crippen LogP contribution is -2.34. The zero-order valence-electron chi connectivity index (χ0n) is 18.2. The third-order valence-electron chi connectivity index (χ3n) is 5.10. The van der Waals surface area contributed by atoms with Gasteiger partial charge in [0.15, 0.2) is 6.19 Å². The van der Waals surface area contributed by atoms with Crippen molar-refractivity contribution in [3.05, 3.63) is 76.8 Å². The second kappa shape index (κ2) is 10.8. The van der Waals surface area contributed by atoms with E-state index in [0.29, 0.717) is 40.5 Å². The second-order valence-corrected chi connectivity index (χ2v) is 8.28. The third kappa shape index (κ3) is 5.61. The normalized spacial score (nSPS) is 20.1. The molecule has 1 aliphatic heterocycles. The first-order chi connectivity index (χ1) is 16.5. The molecule has 2 atom stereocenters. The van der Waals surface area contributed by atoms with Crippen molar-refractivity contribution in [2.45, 2.75) is 18.4 Å². The summed E-state index contributed by atoms with van der Waals surface area (Å²) in [5.41, 5.74) is 1.44. The van der Waals surface area contributed by atoms with Crippen molar-refractivity contribution in [2.75, 3.05) is 25.6 Å². The number of guanidine groups is 1. The van der Waals surface area contributed by atoms with Gasteiger partial charge in [0.05, 0.1) is 24.5 Å². The van der Waals surface area contributed by atoms with E-state index in [1.54, 1.807) is 31.7 Å². The van der Waals surface area contributed by atoms with E-state index < -0.39 is 5.79 Å². The number of hydrogen-bond donors (Lipinski definition) is 2. The van der Waals surface area contributed by atoms with E-state index in [2.05, 4.69) is 20.6 Å². The van der Waals surface area contributed by atoms with E-state index in [9.17, 15) is 0 Å². The number of aromatic nitrogens is 2. The van der Waals surface area contributed by atoms with Crippen LogP contribution in [0.1, 0.15) is 5.56 Å². The summed E-state index contributed by atoms with van der Waals surface area (Å²) in [7, 11) is 1.58. The van der Waals surface area contributed by atoms with Crippen molar-refractivity contribution in [3.63, 3.8) is 0 Å². The number of ether oxygens (including phenoxy) is 3. The van der Waals surface area contributed by atoms with Crippen LogP contribution in [-0.2, 0) is 21.8 Å². The molecular weight excluding hydrogens is 479 g/mol. The SMILES string of the molecule is CN=C(NC#N)Nc1ccc(OC[C@@H]2CO[C@@](Cn3ccnc3)(c3ccc(Cl)cc3Cl)O2)cc1. The van der Waals surface area contributed by atoms with E-state index in [4.69, 9.17) is 42.7 Å². The van der Waals surface area contributed by atoms with E-state index in [0.717, 1.165) is 5.69 Å². The first kappa shape index (κ1) is 23.9. The third-order valence-corrected chi connectivity index (χ3v) is 5.65. The molecular formula is C23H22Cl2N6O3. The monoisotopic (exact) mass is 500 g/mol. The van der Waals surface area contributed by atoms with Gasteiger partial charge in [0.1, 0.15) is 18.5 Å². The zero-order chi connectivity index (χ0) is 24.0. The molecule has 4 rings (SSSR count). The van der Waals surface area contributed by atoms with Crippen LogP contribution in [0.5, 0.6) is 5.75 Å². The van der Waals surface area contributed by atoms with E-state index >= 15 is 0 Å². The molecule has 9 nitrogen and oxygen atoms in total. The second-order valence-electron chi connectivity index (χ2n) is 7.43. The van der Waals surface area contributed by atoms with Crippen molar-refractivity contribution < 1.29 is 14.2 Å². The number of benzene rings is 2. The number of imidazole rings is 1. The topological polar surface area (TPSA) is 106 Å². The first-order valence-corrected chi connectivity index (χ1v) is 11.1. The van der Waals surface area contributed by atoms with Crippen LogP contribution < -0.4 is 15.4 Å². The Morgan fingerprint density at radius 2 is 2.15 bits per heavy atom. The maximum atomic E-state index is 8.73. The highest BCUT2D eigenvalue weighted by atomic mass is 35.5. The molecule has 0 unspecified atom stereocenters. The fourth-order valence-corrected chi connectivity index (χ4v) is 4.08. The molecule has 34 heavy (non-hydrogen) atoms. The summed E-state index contributed by atoms with van der Waals surface area (Å²) in [6, 6.07) is 12.5. The zero-order valence-corrected chi connectivity index (χ0v) is 19.8. The number of halogens is 2. The van der Waals surface area contributed by atoms with Gasteiger partial charge in [-0.3, -0.25) is 10.3 Å². The summed E-state index contributed by atoms with van der Waals surface area (Å²) in [5, 5.41) is 15.2. The minimum absolute atomic E-state index is 0.279. The van der Waals surface area contributed by atoms with E-state index in [1.165, 1.54) is 0 Å². The van der Waals surface area contributed by atoms with E-state index in [1.807, 2.05) is 47.3 Å². The van der Waals surface area contributed by atoms with Gasteiger partial charge in [0.2, 0.25) is 11.7 Å². The molecule has 0 saturated carbocycles. The molecule has 176 valence electrons. The molecule has 1 saturated heterocycles. The number of nitriles is 1. The molecule has 0 radical (unpaired) electrons. The van der Waals surface area contributed by atoms with Crippen LogP contribution in [0.4, 0.5) is 5.69 Å². The molecule has 0 amide bonds. The Morgan fingerprint density at radius 1 is 1.32 bits per heavy atom. The van der Waals surface area contributed by atoms with Gasteiger partial charge < -0.3 is 24.1 Å². The molecule has 2 N–H and O–H groups in total. The van der Waals surface area contributed by atoms with Crippen LogP contribution in [-0.4, -0.2) is 41.9 Å². The van der Waals surface area contributed by atoms with Crippen LogP contribution in [0.3, 0.4) is 0 Å². The summed E-state index contributed by atoms with van der Waals surface area (Å²) >= 11 is 12.6. The summed E-state index contributed by atoms with van der Waals surface area (Å²) in [6.45, 7) is 0.966. The van der Waals surface area contributed by atoms with Crippen LogP contribution in [0.25, 0.3) is 0 Å². The van der Waals surface area contributed by atoms with Crippen LogP contribution in [0, 0.1) is 11.5 Å². The highest BCUT2D eigenvalue weighted by Gasteiger charge is 2.45. The highest BCUT2D eigenvalue weighted by molar-refractivity contribution is 6.35. The van der Waals surface area contributed by atoms with Crippen molar-refractivity contribution in [2.24, 2.45) is 4.99 Å². The molecule has 1 fully saturated rings.